The van der Waals surface area contributed by atoms with Gasteiger partial charge in [-0.25, -0.2) is 0 Å². The maximum atomic E-state index is 9.82. The summed E-state index contributed by atoms with van der Waals surface area (Å²) in [5.41, 5.74) is 0. The molecule has 6 heavy (non-hydrogen) atoms. The van der Waals surface area contributed by atoms with Crippen molar-refractivity contribution in [2.24, 2.45) is 0 Å². The van der Waals surface area contributed by atoms with Crippen molar-refractivity contribution in [1.29, 1.82) is 0 Å². The monoisotopic (exact) mass is 203 g/mol. The molecule has 0 heterocycles. The number of unbranched alkanes of at least 4 members (excludes halogenated alkanes) is 1. The topological polar surface area (TPSA) is 17.1 Å². The number of rotatable bonds is 3. The van der Waals surface area contributed by atoms with Crippen LogP contribution in [0.3, 0.4) is 0 Å². The van der Waals surface area contributed by atoms with Gasteiger partial charge in [-0.2, -0.15) is 0 Å². The average Bonchev–Trinajstić information content (AvgIpc) is 1.61. The van der Waals surface area contributed by atoms with Crippen LogP contribution in [0, 0.1) is 0 Å². The van der Waals surface area contributed by atoms with Gasteiger partial charge in [0.1, 0.15) is 0 Å². The normalized spacial score (nSPS) is 8.17. The maximum absolute atomic E-state index is 9.82. The van der Waals surface area contributed by atoms with Crippen LogP contribution < -0.4 is 0 Å². The quantitative estimate of drug-likeness (QED) is 0.495. The van der Waals surface area contributed by atoms with E-state index < -0.39 is 20.9 Å². The second kappa shape index (κ2) is 5.59. The number of hydrogen-bond donors (Lipinski definition) is 0. The Hall–Kier alpha value is 0.590. The molecule has 0 atom stereocenters. The van der Waals surface area contributed by atoms with Gasteiger partial charge in [-0.15, -0.1) is 0 Å². The molecule has 0 aromatic rings. The third-order valence-electron chi connectivity index (χ3n) is 0.581. The molecule has 0 aromatic carbocycles. The zero-order chi connectivity index (χ0) is 4.83. The molecule has 37 valence electrons. The summed E-state index contributed by atoms with van der Waals surface area (Å²) in [6, 6.07) is 0. The molecule has 0 aliphatic heterocycles. The summed E-state index contributed by atoms with van der Waals surface area (Å²) >= 11 is -0.786. The van der Waals surface area contributed by atoms with Crippen LogP contribution in [0.4, 0.5) is 0 Å². The van der Waals surface area contributed by atoms with E-state index in [0.29, 0.717) is 0 Å². The Kier molecular flexibility index (Phi) is 6.14. The van der Waals surface area contributed by atoms with Crippen molar-refractivity contribution in [3.63, 3.8) is 0 Å². The fraction of sp³-hybridized carbons (Fsp3) is 1.00. The Morgan fingerprint density at radius 1 is 1.67 bits per heavy atom. The molecule has 2 heteroatoms. The summed E-state index contributed by atoms with van der Waals surface area (Å²) in [5.74, 6) is 0. The molecule has 1 radical (unpaired) electrons. The first kappa shape index (κ1) is 6.59. The van der Waals surface area contributed by atoms with Crippen molar-refractivity contribution in [3.05, 3.63) is 0 Å². The molecule has 0 bridgehead atoms. The summed E-state index contributed by atoms with van der Waals surface area (Å²) in [6.07, 6.45) is 2.35. The van der Waals surface area contributed by atoms with Gasteiger partial charge in [-0.1, -0.05) is 0 Å². The van der Waals surface area contributed by atoms with Gasteiger partial charge >= 0.3 is 48.2 Å². The molecule has 0 aromatic heterocycles. The van der Waals surface area contributed by atoms with E-state index in [1.54, 1.807) is 0 Å². The summed E-state index contributed by atoms with van der Waals surface area (Å²) in [5, 5.41) is 0. The van der Waals surface area contributed by atoms with Crippen LogP contribution in [0.1, 0.15) is 19.8 Å². The van der Waals surface area contributed by atoms with E-state index in [9.17, 15) is 3.10 Å². The first-order valence-corrected chi connectivity index (χ1v) is 4.76. The second-order valence-electron chi connectivity index (χ2n) is 1.18. The molecule has 0 aliphatic rings. The Labute approximate surface area is 48.6 Å². The van der Waals surface area contributed by atoms with E-state index in [4.69, 9.17) is 0 Å². The van der Waals surface area contributed by atoms with E-state index in [0.717, 1.165) is 10.9 Å². The van der Waals surface area contributed by atoms with Gasteiger partial charge in [0.15, 0.2) is 0 Å². The van der Waals surface area contributed by atoms with E-state index in [-0.39, 0.29) is 0 Å². The van der Waals surface area contributed by atoms with Gasteiger partial charge in [-0.05, 0) is 0 Å². The molecule has 0 saturated heterocycles. The average molecular weight is 201 g/mol. The predicted octanol–water partition coefficient (Wildman–Crippen LogP) is 1.25. The second-order valence-corrected chi connectivity index (χ2v) is 3.01. The summed E-state index contributed by atoms with van der Waals surface area (Å²) in [6.45, 7) is 2.11. The minimum atomic E-state index is -0.786. The van der Waals surface area contributed by atoms with E-state index >= 15 is 0 Å². The zero-order valence-electron chi connectivity index (χ0n) is 3.94. The molecule has 0 amide bonds. The Balaban J connectivity index is 2.49. The van der Waals surface area contributed by atoms with Crippen LogP contribution in [0.25, 0.3) is 0 Å². The van der Waals surface area contributed by atoms with Crippen molar-refractivity contribution in [2.45, 2.75) is 24.2 Å². The third kappa shape index (κ3) is 4.59. The molecule has 0 fully saturated rings. The van der Waals surface area contributed by atoms with Crippen molar-refractivity contribution in [1.82, 2.24) is 0 Å². The van der Waals surface area contributed by atoms with Crippen LogP contribution in [0.5, 0.6) is 0 Å². The van der Waals surface area contributed by atoms with Gasteiger partial charge in [-0.3, -0.25) is 0 Å². The standard InChI is InChI=1S/C4H9OTe/c1-2-3-4-6-5/h2-4H2,1H3. The van der Waals surface area contributed by atoms with Gasteiger partial charge in [0, 0.05) is 0 Å². The molecular weight excluding hydrogens is 192 g/mol. The van der Waals surface area contributed by atoms with Gasteiger partial charge < -0.3 is 0 Å². The molecule has 0 aliphatic carbocycles. The Bertz CT molecular complexity index is 36.5. The Morgan fingerprint density at radius 2 is 2.33 bits per heavy atom. The molecule has 0 spiro atoms. The van der Waals surface area contributed by atoms with Crippen molar-refractivity contribution < 1.29 is 3.10 Å². The van der Waals surface area contributed by atoms with Crippen LogP contribution in [0.2, 0.25) is 4.47 Å². The predicted molar refractivity (Wildman–Crippen MR) is 26.2 cm³/mol. The third-order valence-corrected chi connectivity index (χ3v) is 1.88. The van der Waals surface area contributed by atoms with Gasteiger partial charge in [0.2, 0.25) is 0 Å². The van der Waals surface area contributed by atoms with Crippen LogP contribution in [0.15, 0.2) is 0 Å². The van der Waals surface area contributed by atoms with Crippen LogP contribution in [-0.4, -0.2) is 20.9 Å². The van der Waals surface area contributed by atoms with Gasteiger partial charge in [0.25, 0.3) is 0 Å². The molecule has 0 N–H and O–H groups in total. The summed E-state index contributed by atoms with van der Waals surface area (Å²) in [7, 11) is 0. The fourth-order valence-electron chi connectivity index (χ4n) is 0.203. The van der Waals surface area contributed by atoms with Gasteiger partial charge in [0.05, 0.1) is 0 Å². The fourth-order valence-corrected chi connectivity index (χ4v) is 1.36. The SMILES string of the molecule is CCCC[Te]=O. The summed E-state index contributed by atoms with van der Waals surface area (Å²) in [4.78, 5) is 0. The van der Waals surface area contributed by atoms with Crippen LogP contribution >= 0.6 is 0 Å². The van der Waals surface area contributed by atoms with Crippen LogP contribution in [-0.2, 0) is 3.10 Å². The van der Waals surface area contributed by atoms with Crippen molar-refractivity contribution in [3.8, 4) is 0 Å². The van der Waals surface area contributed by atoms with E-state index in [2.05, 4.69) is 6.92 Å². The molecule has 1 nitrogen and oxygen atoms in total. The Morgan fingerprint density at radius 3 is 2.50 bits per heavy atom. The molecule has 0 unspecified atom stereocenters. The zero-order valence-corrected chi connectivity index (χ0v) is 6.27. The van der Waals surface area contributed by atoms with E-state index in [1.807, 2.05) is 0 Å². The first-order chi connectivity index (χ1) is 2.91. The molecule has 0 saturated carbocycles. The van der Waals surface area contributed by atoms with E-state index in [1.165, 1.54) is 6.42 Å². The van der Waals surface area contributed by atoms with Crippen molar-refractivity contribution >= 4 is 20.9 Å². The number of hydrogen-bond acceptors (Lipinski definition) is 1. The minimum absolute atomic E-state index is 0.786. The first-order valence-electron chi connectivity index (χ1n) is 2.16. The summed E-state index contributed by atoms with van der Waals surface area (Å²) < 4.78 is 10.8. The van der Waals surface area contributed by atoms with Crippen molar-refractivity contribution in [2.75, 3.05) is 0 Å². The molecule has 0 rings (SSSR count). The molecular formula is C4H9OTe.